The molecule has 0 fully saturated rings. The van der Waals surface area contributed by atoms with Crippen LogP contribution in [0.5, 0.6) is 0 Å². The molecule has 0 saturated heterocycles. The average molecular weight is 1890 g/mol. The Bertz CT molecular complexity index is 9680. The summed E-state index contributed by atoms with van der Waals surface area (Å²) in [6.45, 7) is 19.0. The lowest BCUT2D eigenvalue weighted by Crippen LogP contribution is -2.15. The highest BCUT2D eigenvalue weighted by atomic mass is 15.3. The van der Waals surface area contributed by atoms with E-state index < -0.39 is 0 Å². The van der Waals surface area contributed by atoms with Crippen LogP contribution in [0, 0.1) is 0 Å². The van der Waals surface area contributed by atoms with Gasteiger partial charge in [0.15, 0.2) is 11.6 Å². The van der Waals surface area contributed by atoms with Crippen molar-refractivity contribution in [2.75, 3.05) is 0 Å². The van der Waals surface area contributed by atoms with E-state index in [-0.39, 0.29) is 21.7 Å². The van der Waals surface area contributed by atoms with E-state index in [4.69, 9.17) is 10.2 Å². The normalized spacial score (nSPS) is 14.3. The SMILES string of the molecule is CC1(C)c2ccccc2-c2ccc(-n3c4ccccc4c4cc(-c5ccc6c(c5)c5cc(-c7ccc8c(c7)c7ccccc7n8-c7ccc8c(c7)C(C)(C)c7ccccc7-8)ccc5n6-c5nnc(-n6c7ccc(-c8ccc9c(c8)c8ccccc8n9-c8ccc9c(c8)C(C)(C)c8ccccc8-9)cc7c7cc(-c8ccc9c(c8)c8ccccc8n9-c8ccc9c(c8)C(C)(C)c8ccccc8-9)ccc76)c6ccccc56)ccc43)cc21. The fourth-order valence-electron chi connectivity index (χ4n) is 27.7. The maximum atomic E-state index is 5.67. The van der Waals surface area contributed by atoms with E-state index >= 15 is 0 Å². The van der Waals surface area contributed by atoms with Crippen LogP contribution < -0.4 is 0 Å². The van der Waals surface area contributed by atoms with Crippen LogP contribution in [-0.2, 0) is 21.7 Å². The highest BCUT2D eigenvalue weighted by Crippen LogP contribution is 2.57. The molecule has 0 amide bonds. The molecule has 4 aliphatic carbocycles. The first kappa shape index (κ1) is 83.2. The number of rotatable bonds is 10. The van der Waals surface area contributed by atoms with E-state index in [0.717, 1.165) is 133 Å². The molecular formula is C140H96N8. The molecule has 0 aliphatic heterocycles. The van der Waals surface area contributed by atoms with E-state index in [1.54, 1.807) is 0 Å². The van der Waals surface area contributed by atoms with Crippen molar-refractivity contribution in [2.24, 2.45) is 0 Å². The van der Waals surface area contributed by atoms with Crippen molar-refractivity contribution >= 4 is 142 Å². The maximum Gasteiger partial charge on any atom is 0.168 e. The van der Waals surface area contributed by atoms with E-state index in [2.05, 4.69) is 520 Å². The molecule has 32 rings (SSSR count). The molecule has 7 aromatic heterocycles. The number of hydrogen-bond acceptors (Lipinski definition) is 2. The van der Waals surface area contributed by atoms with Crippen molar-refractivity contribution in [2.45, 2.75) is 77.0 Å². The predicted octanol–water partition coefficient (Wildman–Crippen LogP) is 36.1. The monoisotopic (exact) mass is 1890 g/mol. The lowest BCUT2D eigenvalue weighted by atomic mass is 9.82. The molecule has 0 spiro atoms. The molecule has 28 aromatic rings. The largest absolute Gasteiger partial charge is 0.309 e. The summed E-state index contributed by atoms with van der Waals surface area (Å²) in [6, 6.07) is 166. The molecule has 0 atom stereocenters. The van der Waals surface area contributed by atoms with Crippen LogP contribution in [0.25, 0.3) is 265 Å². The van der Waals surface area contributed by atoms with Crippen molar-refractivity contribution < 1.29 is 0 Å². The number of hydrogen-bond donors (Lipinski definition) is 0. The number of aromatic nitrogens is 8. The Morgan fingerprint density at radius 3 is 0.527 bits per heavy atom. The number of fused-ring (bicyclic) bond motifs is 31. The molecule has 7 heterocycles. The van der Waals surface area contributed by atoms with Crippen molar-refractivity contribution in [3.8, 4) is 123 Å². The van der Waals surface area contributed by atoms with Crippen molar-refractivity contribution in [3.05, 3.63) is 481 Å². The zero-order valence-corrected chi connectivity index (χ0v) is 83.1. The van der Waals surface area contributed by atoms with Gasteiger partial charge in [-0.25, -0.2) is 0 Å². The molecular weight excluding hydrogens is 1790 g/mol. The fourth-order valence-corrected chi connectivity index (χ4v) is 27.7. The van der Waals surface area contributed by atoms with E-state index in [9.17, 15) is 0 Å². The standard InChI is InChI=1S/C140H96N8/c1-137(2)115-37-19-11-27-93(115)97-57-53-89(77-119(97)137)143-123-41-23-15-31-101(123)107-69-81(45-61-127(107)143)85-49-65-131-111(73-85)112-74-86(82-46-62-128-108(70-82)102-32-16-24-42-124(102)144(128)90-54-58-98-94-28-12-20-38-116(94)138(3,4)120(98)78-90)50-66-132(112)147(131)135-105-35-9-10-36-106(105)136(142-141-135)148-133-67-51-87(83-47-63-129-109(71-83)103-33-17-25-43-125(103)145(129)91-55-59-99-95-29-13-21-39-117(95)139(5,6)121(99)79-91)75-113(133)114-76-88(52-68-134(114)148)84-48-64-130-110(72-84)104-34-18-26-44-126(104)146(130)92-56-60-100-96-30-14-22-40-118(96)140(7,8)122(100)80-92/h9-80H,1-8H3. The molecule has 0 saturated carbocycles. The van der Waals surface area contributed by atoms with Crippen LogP contribution in [0.2, 0.25) is 0 Å². The number of para-hydroxylation sites is 4. The van der Waals surface area contributed by atoms with Gasteiger partial charge in [-0.1, -0.05) is 322 Å². The quantitative estimate of drug-likeness (QED) is 0.137. The highest BCUT2D eigenvalue weighted by molar-refractivity contribution is 6.20. The summed E-state index contributed by atoms with van der Waals surface area (Å²) in [4.78, 5) is 0. The summed E-state index contributed by atoms with van der Waals surface area (Å²) in [5.41, 5.74) is 48.0. The second kappa shape index (κ2) is 29.8. The van der Waals surface area contributed by atoms with Gasteiger partial charge in [-0.05, 0) is 303 Å². The third-order valence-electron chi connectivity index (χ3n) is 34.9. The van der Waals surface area contributed by atoms with Crippen molar-refractivity contribution in [1.29, 1.82) is 0 Å². The van der Waals surface area contributed by atoms with Gasteiger partial charge >= 0.3 is 0 Å². The van der Waals surface area contributed by atoms with Gasteiger partial charge in [-0.2, -0.15) is 0 Å². The summed E-state index contributed by atoms with van der Waals surface area (Å²) in [6.07, 6.45) is 0. The van der Waals surface area contributed by atoms with E-state index in [1.165, 1.54) is 176 Å². The predicted molar refractivity (Wildman–Crippen MR) is 618 cm³/mol. The van der Waals surface area contributed by atoms with Gasteiger partial charge in [0, 0.05) is 120 Å². The summed E-state index contributed by atoms with van der Waals surface area (Å²) in [5, 5.41) is 27.4. The Morgan fingerprint density at radius 1 is 0.135 bits per heavy atom. The van der Waals surface area contributed by atoms with Crippen LogP contribution in [0.15, 0.2) is 437 Å². The molecule has 8 nitrogen and oxygen atoms in total. The Labute approximate surface area is 854 Å². The van der Waals surface area contributed by atoms with Gasteiger partial charge in [-0.3, -0.25) is 9.13 Å². The third-order valence-corrected chi connectivity index (χ3v) is 34.9. The zero-order chi connectivity index (χ0) is 98.1. The second-order valence-corrected chi connectivity index (χ2v) is 43.9. The molecule has 696 valence electrons. The molecule has 8 heteroatoms. The van der Waals surface area contributed by atoms with Gasteiger partial charge < -0.3 is 18.3 Å². The van der Waals surface area contributed by atoms with Gasteiger partial charge in [0.05, 0.1) is 66.2 Å². The minimum atomic E-state index is -0.151. The summed E-state index contributed by atoms with van der Waals surface area (Å²) in [7, 11) is 0. The Kier molecular flexibility index (Phi) is 16.7. The van der Waals surface area contributed by atoms with Gasteiger partial charge in [0.25, 0.3) is 0 Å². The van der Waals surface area contributed by atoms with Gasteiger partial charge in [0.1, 0.15) is 0 Å². The number of nitrogens with zero attached hydrogens (tertiary/aromatic N) is 8. The fraction of sp³-hybridized carbons (Fsp3) is 0.0857. The molecule has 0 N–H and O–H groups in total. The number of benzene rings is 21. The topological polar surface area (TPSA) is 55.4 Å². The summed E-state index contributed by atoms with van der Waals surface area (Å²) >= 11 is 0. The Balaban J connectivity index is 0.568. The third kappa shape index (κ3) is 11.3. The Hall–Kier alpha value is -18.2. The van der Waals surface area contributed by atoms with Crippen LogP contribution in [-0.4, -0.2) is 37.6 Å². The molecule has 0 radical (unpaired) electrons. The smallest absolute Gasteiger partial charge is 0.168 e. The van der Waals surface area contributed by atoms with E-state index in [1.807, 2.05) is 0 Å². The van der Waals surface area contributed by atoms with Crippen LogP contribution >= 0.6 is 0 Å². The lowest BCUT2D eigenvalue weighted by molar-refractivity contribution is 0.660. The molecule has 0 bridgehead atoms. The van der Waals surface area contributed by atoms with Crippen molar-refractivity contribution in [3.63, 3.8) is 0 Å². The zero-order valence-electron chi connectivity index (χ0n) is 83.1. The minimum absolute atomic E-state index is 0.151. The molecule has 0 unspecified atom stereocenters. The summed E-state index contributed by atoms with van der Waals surface area (Å²) < 4.78 is 14.7. The second-order valence-electron chi connectivity index (χ2n) is 43.9. The van der Waals surface area contributed by atoms with Crippen molar-refractivity contribution in [1.82, 2.24) is 37.6 Å². The van der Waals surface area contributed by atoms with Gasteiger partial charge in [0.2, 0.25) is 0 Å². The first-order chi connectivity index (χ1) is 72.4. The molecule has 4 aliphatic rings. The summed E-state index contributed by atoms with van der Waals surface area (Å²) in [5.74, 6) is 1.49. The minimum Gasteiger partial charge on any atom is -0.309 e. The van der Waals surface area contributed by atoms with Crippen LogP contribution in [0.4, 0.5) is 0 Å². The first-order valence-electron chi connectivity index (χ1n) is 52.0. The molecule has 148 heavy (non-hydrogen) atoms. The van der Waals surface area contributed by atoms with Gasteiger partial charge in [-0.15, -0.1) is 10.2 Å². The average Bonchev–Trinajstić information content (AvgIpc) is 1.56. The highest BCUT2D eigenvalue weighted by Gasteiger charge is 2.41. The first-order valence-corrected chi connectivity index (χ1v) is 52.0. The maximum absolute atomic E-state index is 5.67. The van der Waals surface area contributed by atoms with E-state index in [0.29, 0.717) is 0 Å². The van der Waals surface area contributed by atoms with Crippen LogP contribution in [0.1, 0.15) is 99.9 Å². The Morgan fingerprint density at radius 2 is 0.304 bits per heavy atom. The lowest BCUT2D eigenvalue weighted by Gasteiger charge is -2.22. The van der Waals surface area contributed by atoms with Crippen LogP contribution in [0.3, 0.4) is 0 Å². The molecule has 21 aromatic carbocycles.